The number of ether oxygens (including phenoxy) is 1. The predicted molar refractivity (Wildman–Crippen MR) is 81.9 cm³/mol. The van der Waals surface area contributed by atoms with Gasteiger partial charge in [0.1, 0.15) is 11.4 Å². The first-order valence-corrected chi connectivity index (χ1v) is 7.75. The number of hydrogen-bond acceptors (Lipinski definition) is 4. The molecule has 1 heterocycles. The van der Waals surface area contributed by atoms with E-state index < -0.39 is 0 Å². The van der Waals surface area contributed by atoms with Crippen LogP contribution >= 0.6 is 0 Å². The van der Waals surface area contributed by atoms with E-state index in [1.165, 1.54) is 12.8 Å². The van der Waals surface area contributed by atoms with Crippen molar-refractivity contribution in [3.8, 4) is 0 Å². The predicted octanol–water partition coefficient (Wildman–Crippen LogP) is 3.66. The van der Waals surface area contributed by atoms with Gasteiger partial charge >= 0.3 is 0 Å². The minimum Gasteiger partial charge on any atom is -0.370 e. The molecule has 4 nitrogen and oxygen atoms in total. The lowest BCUT2D eigenvalue weighted by molar-refractivity contribution is -0.0597. The van der Waals surface area contributed by atoms with Gasteiger partial charge in [-0.1, -0.05) is 13.8 Å². The van der Waals surface area contributed by atoms with Crippen LogP contribution in [0.4, 0.5) is 5.82 Å². The zero-order chi connectivity index (χ0) is 14.6. The van der Waals surface area contributed by atoms with Gasteiger partial charge in [0, 0.05) is 25.4 Å². The van der Waals surface area contributed by atoms with Crippen molar-refractivity contribution in [3.63, 3.8) is 0 Å². The van der Waals surface area contributed by atoms with Crippen molar-refractivity contribution < 1.29 is 4.74 Å². The first kappa shape index (κ1) is 15.2. The number of aryl methyl sites for hydroxylation is 1. The number of anilines is 1. The summed E-state index contributed by atoms with van der Waals surface area (Å²) in [6.07, 6.45) is 5.49. The number of methoxy groups -OCH3 is 1. The zero-order valence-corrected chi connectivity index (χ0v) is 13.2. The lowest BCUT2D eigenvalue weighted by Gasteiger charge is -2.37. The van der Waals surface area contributed by atoms with Crippen LogP contribution in [-0.2, 0) is 10.3 Å². The SMILES string of the molecule is CCCNc1cc(C)nc(C2(OC)CCC(C)CC2)n1. The first-order chi connectivity index (χ1) is 9.59. The Hall–Kier alpha value is -1.16. The monoisotopic (exact) mass is 277 g/mol. The molecule has 1 saturated carbocycles. The second kappa shape index (κ2) is 6.53. The van der Waals surface area contributed by atoms with Gasteiger partial charge in [-0.3, -0.25) is 0 Å². The van der Waals surface area contributed by atoms with Gasteiger partial charge in [0.15, 0.2) is 5.82 Å². The lowest BCUT2D eigenvalue weighted by atomic mass is 9.79. The van der Waals surface area contributed by atoms with Gasteiger partial charge in [-0.2, -0.15) is 0 Å². The fourth-order valence-electron chi connectivity index (χ4n) is 2.86. The van der Waals surface area contributed by atoms with Gasteiger partial charge in [-0.25, -0.2) is 9.97 Å². The Morgan fingerprint density at radius 2 is 2.05 bits per heavy atom. The quantitative estimate of drug-likeness (QED) is 0.892. The zero-order valence-electron chi connectivity index (χ0n) is 13.2. The van der Waals surface area contributed by atoms with Gasteiger partial charge < -0.3 is 10.1 Å². The highest BCUT2D eigenvalue weighted by molar-refractivity contribution is 5.36. The Kier molecular flexibility index (Phi) is 4.97. The third kappa shape index (κ3) is 3.29. The number of aromatic nitrogens is 2. The molecular weight excluding hydrogens is 250 g/mol. The second-order valence-electron chi connectivity index (χ2n) is 6.03. The van der Waals surface area contributed by atoms with Crippen molar-refractivity contribution in [3.05, 3.63) is 17.6 Å². The topological polar surface area (TPSA) is 47.0 Å². The molecule has 0 saturated heterocycles. The van der Waals surface area contributed by atoms with Gasteiger partial charge in [0.2, 0.25) is 0 Å². The van der Waals surface area contributed by atoms with Crippen LogP contribution in [-0.4, -0.2) is 23.6 Å². The van der Waals surface area contributed by atoms with E-state index in [4.69, 9.17) is 9.72 Å². The summed E-state index contributed by atoms with van der Waals surface area (Å²) in [5.74, 6) is 2.55. The molecule has 0 bridgehead atoms. The molecule has 1 aliphatic rings. The van der Waals surface area contributed by atoms with Crippen molar-refractivity contribution in [2.75, 3.05) is 19.0 Å². The molecule has 0 unspecified atom stereocenters. The van der Waals surface area contributed by atoms with E-state index >= 15 is 0 Å². The van der Waals surface area contributed by atoms with Crippen LogP contribution in [0.5, 0.6) is 0 Å². The fraction of sp³-hybridized carbons (Fsp3) is 0.750. The lowest BCUT2D eigenvalue weighted by Crippen LogP contribution is -2.35. The van der Waals surface area contributed by atoms with Crippen LogP contribution < -0.4 is 5.32 Å². The first-order valence-electron chi connectivity index (χ1n) is 7.75. The molecule has 1 aromatic heterocycles. The van der Waals surface area contributed by atoms with Crippen LogP contribution in [0.25, 0.3) is 0 Å². The minimum absolute atomic E-state index is 0.291. The van der Waals surface area contributed by atoms with Crippen LogP contribution in [0, 0.1) is 12.8 Å². The maximum absolute atomic E-state index is 5.87. The average molecular weight is 277 g/mol. The molecule has 4 heteroatoms. The minimum atomic E-state index is -0.291. The highest BCUT2D eigenvalue weighted by Gasteiger charge is 2.38. The molecule has 0 radical (unpaired) electrons. The summed E-state index contributed by atoms with van der Waals surface area (Å²) >= 11 is 0. The Labute approximate surface area is 122 Å². The van der Waals surface area contributed by atoms with E-state index in [2.05, 4.69) is 24.1 Å². The van der Waals surface area contributed by atoms with Gasteiger partial charge in [0.05, 0.1) is 0 Å². The third-order valence-electron chi connectivity index (χ3n) is 4.29. The Bertz CT molecular complexity index is 439. The second-order valence-corrected chi connectivity index (χ2v) is 6.03. The standard InChI is InChI=1S/C16H27N3O/c1-5-10-17-14-11-13(3)18-15(19-14)16(20-4)8-6-12(2)7-9-16/h11-12H,5-10H2,1-4H3,(H,17,18,19). The van der Waals surface area contributed by atoms with Crippen molar-refractivity contribution in [2.45, 2.75) is 58.5 Å². The number of nitrogens with one attached hydrogen (secondary N) is 1. The largest absolute Gasteiger partial charge is 0.370 e. The molecule has 1 aliphatic carbocycles. The van der Waals surface area contributed by atoms with Crippen LogP contribution in [0.3, 0.4) is 0 Å². The molecule has 0 amide bonds. The summed E-state index contributed by atoms with van der Waals surface area (Å²) < 4.78 is 5.87. The molecular formula is C16H27N3O. The van der Waals surface area contributed by atoms with Crippen LogP contribution in [0.15, 0.2) is 6.07 Å². The highest BCUT2D eigenvalue weighted by Crippen LogP contribution is 2.40. The van der Waals surface area contributed by atoms with Crippen molar-refractivity contribution in [1.29, 1.82) is 0 Å². The molecule has 112 valence electrons. The summed E-state index contributed by atoms with van der Waals surface area (Å²) in [6, 6.07) is 2.01. The summed E-state index contributed by atoms with van der Waals surface area (Å²) in [5, 5.41) is 3.36. The fourth-order valence-corrected chi connectivity index (χ4v) is 2.86. The summed E-state index contributed by atoms with van der Waals surface area (Å²) in [7, 11) is 1.79. The average Bonchev–Trinajstić information content (AvgIpc) is 2.46. The van der Waals surface area contributed by atoms with Crippen LogP contribution in [0.1, 0.15) is 57.5 Å². The van der Waals surface area contributed by atoms with Gasteiger partial charge in [0.25, 0.3) is 0 Å². The van der Waals surface area contributed by atoms with Gasteiger partial charge in [-0.15, -0.1) is 0 Å². The van der Waals surface area contributed by atoms with Crippen LogP contribution in [0.2, 0.25) is 0 Å². The molecule has 1 aromatic rings. The van der Waals surface area contributed by atoms with E-state index in [1.807, 2.05) is 13.0 Å². The normalized spacial score (nSPS) is 26.5. The van der Waals surface area contributed by atoms with E-state index in [0.29, 0.717) is 0 Å². The molecule has 0 spiro atoms. The highest BCUT2D eigenvalue weighted by atomic mass is 16.5. The van der Waals surface area contributed by atoms with E-state index in [1.54, 1.807) is 7.11 Å². The molecule has 1 fully saturated rings. The van der Waals surface area contributed by atoms with E-state index in [9.17, 15) is 0 Å². The summed E-state index contributed by atoms with van der Waals surface area (Å²) in [5.41, 5.74) is 0.713. The van der Waals surface area contributed by atoms with Gasteiger partial charge in [-0.05, 0) is 44.9 Å². The summed E-state index contributed by atoms with van der Waals surface area (Å²) in [6.45, 7) is 7.43. The smallest absolute Gasteiger partial charge is 0.162 e. The van der Waals surface area contributed by atoms with Crippen molar-refractivity contribution >= 4 is 5.82 Å². The number of hydrogen-bond donors (Lipinski definition) is 1. The summed E-state index contributed by atoms with van der Waals surface area (Å²) in [4.78, 5) is 9.37. The Balaban J connectivity index is 2.27. The Morgan fingerprint density at radius 3 is 2.65 bits per heavy atom. The molecule has 2 rings (SSSR count). The Morgan fingerprint density at radius 1 is 1.35 bits per heavy atom. The maximum atomic E-state index is 5.87. The van der Waals surface area contributed by atoms with Crippen molar-refractivity contribution in [1.82, 2.24) is 9.97 Å². The maximum Gasteiger partial charge on any atom is 0.162 e. The molecule has 20 heavy (non-hydrogen) atoms. The number of rotatable bonds is 5. The molecule has 0 aliphatic heterocycles. The molecule has 0 atom stereocenters. The number of nitrogens with zero attached hydrogens (tertiary/aromatic N) is 2. The third-order valence-corrected chi connectivity index (χ3v) is 4.29. The molecule has 0 aromatic carbocycles. The van der Waals surface area contributed by atoms with Crippen molar-refractivity contribution in [2.24, 2.45) is 5.92 Å². The van der Waals surface area contributed by atoms with E-state index in [-0.39, 0.29) is 5.60 Å². The van der Waals surface area contributed by atoms with E-state index in [0.717, 1.165) is 49.1 Å². The molecule has 1 N–H and O–H groups in total.